The summed E-state index contributed by atoms with van der Waals surface area (Å²) in [5, 5.41) is 3.10. The minimum Gasteiger partial charge on any atom is -0.496 e. The van der Waals surface area contributed by atoms with Gasteiger partial charge in [-0.05, 0) is 50.1 Å². The van der Waals surface area contributed by atoms with E-state index in [0.29, 0.717) is 18.6 Å². The van der Waals surface area contributed by atoms with Crippen LogP contribution in [0.2, 0.25) is 0 Å². The first-order valence-electron chi connectivity index (χ1n) is 10.9. The number of nitrogens with zero attached hydrogens (tertiary/aromatic N) is 1. The first kappa shape index (κ1) is 21.6. The highest BCUT2D eigenvalue weighted by Crippen LogP contribution is 2.43. The van der Waals surface area contributed by atoms with Gasteiger partial charge in [-0.15, -0.1) is 0 Å². The molecule has 0 unspecified atom stereocenters. The number of hydrogen-bond donors (Lipinski definition) is 1. The molecular formula is C27H28N2O3. The average Bonchev–Trinajstić information content (AvgIpc) is 2.81. The number of para-hydroxylation sites is 2. The molecule has 0 aliphatic carbocycles. The predicted molar refractivity (Wildman–Crippen MR) is 127 cm³/mol. The van der Waals surface area contributed by atoms with Gasteiger partial charge in [-0.2, -0.15) is 0 Å². The van der Waals surface area contributed by atoms with Gasteiger partial charge < -0.3 is 15.0 Å². The maximum absolute atomic E-state index is 13.6. The van der Waals surface area contributed by atoms with Crippen LogP contribution in [0.15, 0.2) is 72.8 Å². The molecule has 1 saturated heterocycles. The number of carbonyl (C=O) groups is 2. The molecule has 1 aliphatic rings. The Morgan fingerprint density at radius 1 is 0.969 bits per heavy atom. The number of ether oxygens (including phenoxy) is 1. The third kappa shape index (κ3) is 4.24. The van der Waals surface area contributed by atoms with Crippen molar-refractivity contribution in [2.24, 2.45) is 5.92 Å². The van der Waals surface area contributed by atoms with Crippen LogP contribution in [0, 0.1) is 19.8 Å². The van der Waals surface area contributed by atoms with Crippen LogP contribution in [0.5, 0.6) is 5.75 Å². The first-order valence-corrected chi connectivity index (χ1v) is 10.9. The zero-order valence-corrected chi connectivity index (χ0v) is 18.7. The molecule has 1 heterocycles. The second-order valence-corrected chi connectivity index (χ2v) is 8.24. The molecule has 3 aromatic carbocycles. The lowest BCUT2D eigenvalue weighted by molar-refractivity contribution is -0.126. The summed E-state index contributed by atoms with van der Waals surface area (Å²) < 4.78 is 5.63. The second kappa shape index (κ2) is 9.27. The van der Waals surface area contributed by atoms with Crippen LogP contribution >= 0.6 is 0 Å². The molecular weight excluding hydrogens is 400 g/mol. The van der Waals surface area contributed by atoms with Crippen molar-refractivity contribution >= 4 is 23.2 Å². The Labute approximate surface area is 189 Å². The van der Waals surface area contributed by atoms with E-state index in [0.717, 1.165) is 28.1 Å². The first-order chi connectivity index (χ1) is 15.5. The van der Waals surface area contributed by atoms with Crippen LogP contribution in [0.25, 0.3) is 0 Å². The van der Waals surface area contributed by atoms with E-state index in [9.17, 15) is 9.59 Å². The molecule has 2 amide bonds. The van der Waals surface area contributed by atoms with Gasteiger partial charge in [0.25, 0.3) is 0 Å². The van der Waals surface area contributed by atoms with Crippen molar-refractivity contribution in [3.05, 3.63) is 89.5 Å². The zero-order chi connectivity index (χ0) is 22.7. The van der Waals surface area contributed by atoms with E-state index >= 15 is 0 Å². The fraction of sp³-hybridized carbons (Fsp3) is 0.259. The average molecular weight is 429 g/mol. The normalized spacial score (nSPS) is 18.3. The lowest BCUT2D eigenvalue weighted by Crippen LogP contribution is -2.47. The zero-order valence-electron chi connectivity index (χ0n) is 18.7. The fourth-order valence-corrected chi connectivity index (χ4v) is 4.38. The molecule has 5 nitrogen and oxygen atoms in total. The van der Waals surface area contributed by atoms with Crippen molar-refractivity contribution in [1.82, 2.24) is 0 Å². The quantitative estimate of drug-likeness (QED) is 0.589. The van der Waals surface area contributed by atoms with Crippen LogP contribution in [0.1, 0.15) is 35.6 Å². The summed E-state index contributed by atoms with van der Waals surface area (Å²) >= 11 is 0. The van der Waals surface area contributed by atoms with E-state index in [1.165, 1.54) is 0 Å². The van der Waals surface area contributed by atoms with Gasteiger partial charge in [0.05, 0.1) is 19.1 Å². The van der Waals surface area contributed by atoms with E-state index in [1.807, 2.05) is 86.6 Å². The van der Waals surface area contributed by atoms with E-state index in [2.05, 4.69) is 5.32 Å². The number of amides is 2. The number of carbonyl (C=O) groups excluding carboxylic acids is 2. The summed E-state index contributed by atoms with van der Waals surface area (Å²) in [5.41, 5.74) is 4.51. The fourth-order valence-electron chi connectivity index (χ4n) is 4.38. The molecule has 5 heteroatoms. The number of nitrogens with one attached hydrogen (secondary N) is 1. The topological polar surface area (TPSA) is 58.6 Å². The molecule has 164 valence electrons. The molecule has 2 atom stereocenters. The highest BCUT2D eigenvalue weighted by Gasteiger charge is 2.42. The Hall–Kier alpha value is -3.60. The smallest absolute Gasteiger partial charge is 0.229 e. The van der Waals surface area contributed by atoms with Crippen molar-refractivity contribution in [2.75, 3.05) is 17.3 Å². The number of piperidine rings is 1. The SMILES string of the molecule is COc1ccccc1[C@@H]1[C@H](C(=O)Nc2ccccc2C)CCC(=O)N1c1ccc(C)cc1. The molecule has 0 saturated carbocycles. The maximum Gasteiger partial charge on any atom is 0.229 e. The van der Waals surface area contributed by atoms with E-state index in [-0.39, 0.29) is 11.8 Å². The second-order valence-electron chi connectivity index (χ2n) is 8.24. The maximum atomic E-state index is 13.6. The minimum atomic E-state index is -0.473. The lowest BCUT2D eigenvalue weighted by Gasteiger charge is -2.41. The Morgan fingerprint density at radius 2 is 1.66 bits per heavy atom. The van der Waals surface area contributed by atoms with Gasteiger partial charge >= 0.3 is 0 Å². The number of benzene rings is 3. The number of methoxy groups -OCH3 is 1. The summed E-state index contributed by atoms with van der Waals surface area (Å²) in [6.45, 7) is 3.98. The summed E-state index contributed by atoms with van der Waals surface area (Å²) in [6.07, 6.45) is 0.785. The van der Waals surface area contributed by atoms with Crippen LogP contribution in [-0.2, 0) is 9.59 Å². The molecule has 4 rings (SSSR count). The van der Waals surface area contributed by atoms with E-state index in [4.69, 9.17) is 4.74 Å². The number of hydrogen-bond acceptors (Lipinski definition) is 3. The van der Waals surface area contributed by atoms with Gasteiger partial charge in [-0.25, -0.2) is 0 Å². The van der Waals surface area contributed by atoms with Gasteiger partial charge in [-0.1, -0.05) is 54.1 Å². The van der Waals surface area contributed by atoms with Crippen molar-refractivity contribution in [2.45, 2.75) is 32.7 Å². The molecule has 0 bridgehead atoms. The summed E-state index contributed by atoms with van der Waals surface area (Å²) in [7, 11) is 1.61. The van der Waals surface area contributed by atoms with Crippen molar-refractivity contribution in [3.63, 3.8) is 0 Å². The summed E-state index contributed by atoms with van der Waals surface area (Å²) in [6, 6.07) is 22.7. The highest BCUT2D eigenvalue weighted by molar-refractivity contribution is 6.00. The van der Waals surface area contributed by atoms with Crippen LogP contribution in [0.4, 0.5) is 11.4 Å². The molecule has 1 N–H and O–H groups in total. The molecule has 0 aromatic heterocycles. The monoisotopic (exact) mass is 428 g/mol. The third-order valence-corrected chi connectivity index (χ3v) is 6.11. The Bertz CT molecular complexity index is 1120. The van der Waals surface area contributed by atoms with Gasteiger partial charge in [0.2, 0.25) is 11.8 Å². The van der Waals surface area contributed by atoms with Crippen molar-refractivity contribution < 1.29 is 14.3 Å². The largest absolute Gasteiger partial charge is 0.496 e. The van der Waals surface area contributed by atoms with E-state index in [1.54, 1.807) is 12.0 Å². The van der Waals surface area contributed by atoms with Gasteiger partial charge in [-0.3, -0.25) is 9.59 Å². The Kier molecular flexibility index (Phi) is 6.26. The summed E-state index contributed by atoms with van der Waals surface area (Å²) in [4.78, 5) is 28.5. The molecule has 1 aliphatic heterocycles. The van der Waals surface area contributed by atoms with E-state index < -0.39 is 12.0 Å². The number of rotatable bonds is 5. The standard InChI is InChI=1S/C27H28N2O3/c1-18-12-14-20(15-13-18)29-25(30)17-16-22(26(29)21-9-5-7-11-24(21)32-3)27(31)28-23-10-6-4-8-19(23)2/h4-15,22,26H,16-17H2,1-3H3,(H,28,31)/t22-,26-/m1/s1. The Balaban J connectivity index is 1.79. The minimum absolute atomic E-state index is 0.00435. The van der Waals surface area contributed by atoms with Crippen LogP contribution in [-0.4, -0.2) is 18.9 Å². The summed E-state index contributed by atoms with van der Waals surface area (Å²) in [5.74, 6) is 0.146. The molecule has 3 aromatic rings. The third-order valence-electron chi connectivity index (χ3n) is 6.11. The van der Waals surface area contributed by atoms with Gasteiger partial charge in [0.1, 0.15) is 5.75 Å². The van der Waals surface area contributed by atoms with Gasteiger partial charge in [0.15, 0.2) is 0 Å². The van der Waals surface area contributed by atoms with Crippen molar-refractivity contribution in [1.29, 1.82) is 0 Å². The van der Waals surface area contributed by atoms with Crippen LogP contribution in [0.3, 0.4) is 0 Å². The van der Waals surface area contributed by atoms with Crippen molar-refractivity contribution in [3.8, 4) is 5.75 Å². The predicted octanol–water partition coefficient (Wildman–Crippen LogP) is 5.44. The highest BCUT2D eigenvalue weighted by atomic mass is 16.5. The van der Waals surface area contributed by atoms with Gasteiger partial charge in [0, 0.05) is 23.4 Å². The Morgan fingerprint density at radius 3 is 2.38 bits per heavy atom. The van der Waals surface area contributed by atoms with Crippen LogP contribution < -0.4 is 15.0 Å². The molecule has 1 fully saturated rings. The number of anilines is 2. The number of aryl methyl sites for hydroxylation is 2. The molecule has 32 heavy (non-hydrogen) atoms. The molecule has 0 radical (unpaired) electrons. The lowest BCUT2D eigenvalue weighted by atomic mass is 9.82. The molecule has 0 spiro atoms.